The average Bonchev–Trinajstić information content (AvgIpc) is 3.22. The Labute approximate surface area is 128 Å². The minimum absolute atomic E-state index is 0.00998. The minimum Gasteiger partial charge on any atom is -0.388 e. The lowest BCUT2D eigenvalue weighted by Crippen LogP contribution is -2.39. The quantitative estimate of drug-likeness (QED) is 0.689. The highest BCUT2D eigenvalue weighted by molar-refractivity contribution is 7.89. The van der Waals surface area contributed by atoms with Gasteiger partial charge in [0, 0.05) is 19.3 Å². The summed E-state index contributed by atoms with van der Waals surface area (Å²) in [4.78, 5) is 15.6. The molecule has 0 aromatic carbocycles. The molecule has 1 aliphatic rings. The van der Waals surface area contributed by atoms with Crippen molar-refractivity contribution >= 4 is 33.1 Å². The standard InChI is InChI=1S/C12H16N4O3S2/c1-16(7-11(17)15-8-2-3-8)21(18,19)9-4-5-10(12(13)20)14-6-9/h4-6,8H,2-3,7H2,1H3,(H2,13,20)(H,15,17). The summed E-state index contributed by atoms with van der Waals surface area (Å²) >= 11 is 4.76. The fourth-order valence-electron chi connectivity index (χ4n) is 1.65. The van der Waals surface area contributed by atoms with E-state index in [9.17, 15) is 13.2 Å². The number of pyridine rings is 1. The Kier molecular flexibility index (Phi) is 4.55. The van der Waals surface area contributed by atoms with Crippen molar-refractivity contribution in [1.82, 2.24) is 14.6 Å². The number of nitrogens with zero attached hydrogens (tertiary/aromatic N) is 2. The predicted molar refractivity (Wildman–Crippen MR) is 81.1 cm³/mol. The Hall–Kier alpha value is -1.58. The highest BCUT2D eigenvalue weighted by Crippen LogP contribution is 2.19. The summed E-state index contributed by atoms with van der Waals surface area (Å²) in [5.41, 5.74) is 5.75. The van der Waals surface area contributed by atoms with Gasteiger partial charge in [-0.25, -0.2) is 8.42 Å². The van der Waals surface area contributed by atoms with Crippen LogP contribution in [0, 0.1) is 0 Å². The summed E-state index contributed by atoms with van der Waals surface area (Å²) in [6.45, 7) is -0.226. The van der Waals surface area contributed by atoms with Crippen LogP contribution >= 0.6 is 12.2 Å². The molecule has 1 aliphatic carbocycles. The lowest BCUT2D eigenvalue weighted by Gasteiger charge is -2.16. The summed E-state index contributed by atoms with van der Waals surface area (Å²) in [7, 11) is -2.42. The van der Waals surface area contributed by atoms with Gasteiger partial charge < -0.3 is 11.1 Å². The molecule has 7 nitrogen and oxygen atoms in total. The predicted octanol–water partition coefficient (Wildman–Crippen LogP) is -0.385. The van der Waals surface area contributed by atoms with Crippen molar-refractivity contribution < 1.29 is 13.2 Å². The molecule has 1 aromatic heterocycles. The summed E-state index contributed by atoms with van der Waals surface area (Å²) in [6.07, 6.45) is 3.08. The van der Waals surface area contributed by atoms with Crippen molar-refractivity contribution in [2.75, 3.05) is 13.6 Å². The van der Waals surface area contributed by atoms with Crippen LogP contribution in [0.5, 0.6) is 0 Å². The first-order valence-corrected chi connectivity index (χ1v) is 8.17. The lowest BCUT2D eigenvalue weighted by atomic mass is 10.3. The van der Waals surface area contributed by atoms with E-state index in [1.807, 2.05) is 0 Å². The Morgan fingerprint density at radius 1 is 1.52 bits per heavy atom. The molecule has 0 aliphatic heterocycles. The SMILES string of the molecule is CN(CC(=O)NC1CC1)S(=O)(=O)c1ccc(C(N)=S)nc1. The molecule has 0 unspecified atom stereocenters. The Bertz CT molecular complexity index is 654. The van der Waals surface area contributed by atoms with E-state index in [1.54, 1.807) is 0 Å². The third-order valence-electron chi connectivity index (χ3n) is 3.01. The van der Waals surface area contributed by atoms with Gasteiger partial charge in [0.05, 0.1) is 12.2 Å². The van der Waals surface area contributed by atoms with Crippen LogP contribution in [0.25, 0.3) is 0 Å². The number of nitrogens with two attached hydrogens (primary N) is 1. The Balaban J connectivity index is 2.08. The van der Waals surface area contributed by atoms with Crippen molar-refractivity contribution in [2.45, 2.75) is 23.8 Å². The van der Waals surface area contributed by atoms with E-state index in [4.69, 9.17) is 18.0 Å². The molecule has 1 amide bonds. The molecule has 21 heavy (non-hydrogen) atoms. The number of carbonyl (C=O) groups is 1. The smallest absolute Gasteiger partial charge is 0.244 e. The van der Waals surface area contributed by atoms with E-state index >= 15 is 0 Å². The number of likely N-dealkylation sites (N-methyl/N-ethyl adjacent to an activating group) is 1. The first-order chi connectivity index (χ1) is 9.80. The number of carbonyl (C=O) groups excluding carboxylic acids is 1. The Morgan fingerprint density at radius 3 is 2.67 bits per heavy atom. The van der Waals surface area contributed by atoms with Gasteiger partial charge in [0.2, 0.25) is 15.9 Å². The molecule has 0 radical (unpaired) electrons. The molecule has 2 rings (SSSR count). The fraction of sp³-hybridized carbons (Fsp3) is 0.417. The van der Waals surface area contributed by atoms with E-state index in [-0.39, 0.29) is 28.4 Å². The zero-order valence-electron chi connectivity index (χ0n) is 11.4. The molecule has 0 bridgehead atoms. The van der Waals surface area contributed by atoms with Gasteiger partial charge in [-0.05, 0) is 25.0 Å². The number of amides is 1. The first-order valence-electron chi connectivity index (χ1n) is 6.32. The molecule has 0 atom stereocenters. The molecular formula is C12H16N4O3S2. The highest BCUT2D eigenvalue weighted by Gasteiger charge is 2.27. The minimum atomic E-state index is -3.77. The van der Waals surface area contributed by atoms with E-state index in [0.717, 1.165) is 17.1 Å². The van der Waals surface area contributed by atoms with Gasteiger partial charge in [0.15, 0.2) is 0 Å². The molecule has 1 saturated carbocycles. The second-order valence-electron chi connectivity index (χ2n) is 4.85. The van der Waals surface area contributed by atoms with Crippen molar-refractivity contribution in [3.63, 3.8) is 0 Å². The maximum absolute atomic E-state index is 12.3. The molecule has 0 saturated heterocycles. The van der Waals surface area contributed by atoms with Crippen LogP contribution in [0.2, 0.25) is 0 Å². The number of sulfonamides is 1. The monoisotopic (exact) mass is 328 g/mol. The van der Waals surface area contributed by atoms with Crippen LogP contribution < -0.4 is 11.1 Å². The second-order valence-corrected chi connectivity index (χ2v) is 7.33. The lowest BCUT2D eigenvalue weighted by molar-refractivity contribution is -0.121. The number of hydrogen-bond donors (Lipinski definition) is 2. The second kappa shape index (κ2) is 6.04. The summed E-state index contributed by atoms with van der Waals surface area (Å²) < 4.78 is 25.6. The van der Waals surface area contributed by atoms with E-state index in [1.165, 1.54) is 25.4 Å². The molecule has 1 heterocycles. The maximum Gasteiger partial charge on any atom is 0.244 e. The number of thiocarbonyl (C=S) groups is 1. The first kappa shape index (κ1) is 15.8. The topological polar surface area (TPSA) is 105 Å². The Morgan fingerprint density at radius 2 is 2.19 bits per heavy atom. The summed E-state index contributed by atoms with van der Waals surface area (Å²) in [5.74, 6) is -0.309. The zero-order valence-corrected chi connectivity index (χ0v) is 13.1. The average molecular weight is 328 g/mol. The fourth-order valence-corrected chi connectivity index (χ4v) is 2.84. The van der Waals surface area contributed by atoms with Crippen molar-refractivity contribution in [2.24, 2.45) is 5.73 Å². The number of hydrogen-bond acceptors (Lipinski definition) is 5. The molecule has 3 N–H and O–H groups in total. The highest BCUT2D eigenvalue weighted by atomic mass is 32.2. The van der Waals surface area contributed by atoms with Gasteiger partial charge in [0.25, 0.3) is 0 Å². The number of nitrogens with one attached hydrogen (secondary N) is 1. The molecule has 9 heteroatoms. The van der Waals surface area contributed by atoms with E-state index in [2.05, 4.69) is 10.3 Å². The van der Waals surface area contributed by atoms with Crippen molar-refractivity contribution in [1.29, 1.82) is 0 Å². The molecule has 0 spiro atoms. The number of aromatic nitrogens is 1. The van der Waals surface area contributed by atoms with Crippen LogP contribution in [0.4, 0.5) is 0 Å². The summed E-state index contributed by atoms with van der Waals surface area (Å²) in [6, 6.07) is 3.00. The normalized spacial score (nSPS) is 15.0. The van der Waals surface area contributed by atoms with Gasteiger partial charge in [0.1, 0.15) is 9.88 Å². The van der Waals surface area contributed by atoms with Crippen LogP contribution in [0.3, 0.4) is 0 Å². The van der Waals surface area contributed by atoms with E-state index in [0.29, 0.717) is 5.69 Å². The molecule has 114 valence electrons. The zero-order chi connectivity index (χ0) is 15.6. The van der Waals surface area contributed by atoms with Crippen molar-refractivity contribution in [3.05, 3.63) is 24.0 Å². The van der Waals surface area contributed by atoms with Crippen LogP contribution in [-0.2, 0) is 14.8 Å². The van der Waals surface area contributed by atoms with Gasteiger partial charge in [-0.3, -0.25) is 9.78 Å². The number of rotatable bonds is 6. The van der Waals surface area contributed by atoms with Gasteiger partial charge in [-0.15, -0.1) is 0 Å². The molecule has 1 fully saturated rings. The van der Waals surface area contributed by atoms with E-state index < -0.39 is 10.0 Å². The largest absolute Gasteiger partial charge is 0.388 e. The van der Waals surface area contributed by atoms with Crippen LogP contribution in [-0.4, -0.2) is 48.2 Å². The van der Waals surface area contributed by atoms with Crippen molar-refractivity contribution in [3.8, 4) is 0 Å². The third-order valence-corrected chi connectivity index (χ3v) is 5.00. The van der Waals surface area contributed by atoms with Gasteiger partial charge >= 0.3 is 0 Å². The van der Waals surface area contributed by atoms with Crippen LogP contribution in [0.1, 0.15) is 18.5 Å². The van der Waals surface area contributed by atoms with Gasteiger partial charge in [-0.2, -0.15) is 4.31 Å². The van der Waals surface area contributed by atoms with Gasteiger partial charge in [-0.1, -0.05) is 12.2 Å². The summed E-state index contributed by atoms with van der Waals surface area (Å²) in [5, 5.41) is 2.74. The molecular weight excluding hydrogens is 312 g/mol. The van der Waals surface area contributed by atoms with Crippen LogP contribution in [0.15, 0.2) is 23.2 Å². The third kappa shape index (κ3) is 3.96. The maximum atomic E-state index is 12.3. The molecule has 1 aromatic rings.